The number of aromatic carboxylic acids is 1. The minimum absolute atomic E-state index is 0.00448. The minimum atomic E-state index is -1.29. The van der Waals surface area contributed by atoms with Gasteiger partial charge in [0.2, 0.25) is 0 Å². The van der Waals surface area contributed by atoms with Gasteiger partial charge in [-0.1, -0.05) is 43.3 Å². The van der Waals surface area contributed by atoms with E-state index in [4.69, 9.17) is 19.6 Å². The Morgan fingerprint density at radius 2 is 1.42 bits per heavy atom. The van der Waals surface area contributed by atoms with E-state index < -0.39 is 23.8 Å². The first kappa shape index (κ1) is 35.5. The fourth-order valence-corrected chi connectivity index (χ4v) is 4.81. The molecule has 0 aliphatic heterocycles. The third-order valence-electron chi connectivity index (χ3n) is 7.29. The number of carbonyl (C=O) groups excluding carboxylic acids is 3. The Hall–Kier alpha value is -5.40. The van der Waals surface area contributed by atoms with Crippen LogP contribution in [-0.2, 0) is 38.8 Å². The third-order valence-corrected chi connectivity index (χ3v) is 7.29. The summed E-state index contributed by atoms with van der Waals surface area (Å²) in [4.78, 5) is 60.2. The summed E-state index contributed by atoms with van der Waals surface area (Å²) in [5, 5.41) is 21.5. The van der Waals surface area contributed by atoms with Gasteiger partial charge >= 0.3 is 17.9 Å². The highest BCUT2D eigenvalue weighted by Crippen LogP contribution is 2.27. The van der Waals surface area contributed by atoms with E-state index in [0.717, 1.165) is 5.56 Å². The van der Waals surface area contributed by atoms with E-state index >= 15 is 0 Å². The van der Waals surface area contributed by atoms with Gasteiger partial charge in [0.15, 0.2) is 0 Å². The molecule has 0 aliphatic carbocycles. The zero-order chi connectivity index (χ0) is 34.5. The number of carboxylic acid groups (broad SMARTS) is 1. The standard InChI is InChI=1S/C36H36N2O10/c1-3-23-16-28(36(43)46-15-7-14-45-35(42)24-8-5-4-6-9-24)19-30(17-23)38-33(39)32-20-26(12-13-31(32)34(40)41)25-10-11-27(22-48-44)29(18-25)21-47-37-2/h4-6,8-13,16-20,37,44H,3,7,14-15,21-22H2,1-2H3,(H,38,39)(H,40,41). The van der Waals surface area contributed by atoms with Crippen LogP contribution in [0.5, 0.6) is 0 Å². The number of hydrogen-bond acceptors (Lipinski definition) is 10. The third kappa shape index (κ3) is 9.56. The number of ether oxygens (including phenoxy) is 2. The second kappa shape index (κ2) is 17.5. The van der Waals surface area contributed by atoms with Gasteiger partial charge in [-0.25, -0.2) is 24.8 Å². The molecule has 0 aliphatic rings. The number of hydroxylamine groups is 1. The van der Waals surface area contributed by atoms with E-state index in [1.54, 1.807) is 73.8 Å². The van der Waals surface area contributed by atoms with E-state index in [-0.39, 0.29) is 55.2 Å². The maximum atomic E-state index is 13.5. The van der Waals surface area contributed by atoms with Crippen LogP contribution in [0.4, 0.5) is 5.69 Å². The first-order valence-electron chi connectivity index (χ1n) is 15.1. The lowest BCUT2D eigenvalue weighted by atomic mass is 9.95. The molecule has 0 unspecified atom stereocenters. The molecule has 250 valence electrons. The number of anilines is 1. The van der Waals surface area contributed by atoms with E-state index in [0.29, 0.717) is 34.2 Å². The molecule has 0 radical (unpaired) electrons. The number of rotatable bonds is 16. The molecule has 12 heteroatoms. The Labute approximate surface area is 277 Å². The molecule has 0 saturated heterocycles. The molecule has 0 saturated carbocycles. The lowest BCUT2D eigenvalue weighted by molar-refractivity contribution is -0.253. The van der Waals surface area contributed by atoms with Crippen molar-refractivity contribution in [1.29, 1.82) is 0 Å². The lowest BCUT2D eigenvalue weighted by Gasteiger charge is -2.14. The lowest BCUT2D eigenvalue weighted by Crippen LogP contribution is -2.17. The van der Waals surface area contributed by atoms with Gasteiger partial charge in [0.25, 0.3) is 5.91 Å². The number of aryl methyl sites for hydroxylation is 1. The van der Waals surface area contributed by atoms with E-state index in [9.17, 15) is 24.3 Å². The summed E-state index contributed by atoms with van der Waals surface area (Å²) in [7, 11) is 1.61. The van der Waals surface area contributed by atoms with Gasteiger partial charge in [-0.3, -0.25) is 14.9 Å². The first-order valence-corrected chi connectivity index (χ1v) is 15.1. The van der Waals surface area contributed by atoms with Crippen molar-refractivity contribution < 1.29 is 48.7 Å². The van der Waals surface area contributed by atoms with Crippen molar-refractivity contribution in [2.45, 2.75) is 33.0 Å². The Morgan fingerprint density at radius 1 is 0.729 bits per heavy atom. The molecule has 4 N–H and O–H groups in total. The van der Waals surface area contributed by atoms with Crippen LogP contribution in [-0.4, -0.2) is 54.4 Å². The summed E-state index contributed by atoms with van der Waals surface area (Å²) in [6.45, 7) is 2.05. The van der Waals surface area contributed by atoms with E-state index in [1.807, 2.05) is 6.92 Å². The minimum Gasteiger partial charge on any atom is -0.478 e. The number of carbonyl (C=O) groups is 4. The van der Waals surface area contributed by atoms with Crippen LogP contribution in [0.2, 0.25) is 0 Å². The molecule has 4 aromatic carbocycles. The molecule has 0 fully saturated rings. The van der Waals surface area contributed by atoms with Crippen molar-refractivity contribution in [3.8, 4) is 11.1 Å². The molecule has 0 bridgehead atoms. The Balaban J connectivity index is 1.48. The van der Waals surface area contributed by atoms with Crippen molar-refractivity contribution in [3.63, 3.8) is 0 Å². The van der Waals surface area contributed by atoms with Crippen LogP contribution in [0.3, 0.4) is 0 Å². The average Bonchev–Trinajstić information content (AvgIpc) is 3.10. The van der Waals surface area contributed by atoms with Crippen LogP contribution < -0.4 is 10.8 Å². The first-order chi connectivity index (χ1) is 23.2. The summed E-state index contributed by atoms with van der Waals surface area (Å²) < 4.78 is 10.6. The summed E-state index contributed by atoms with van der Waals surface area (Å²) in [6, 6.07) is 23.0. The largest absolute Gasteiger partial charge is 0.478 e. The van der Waals surface area contributed by atoms with Crippen LogP contribution in [0.1, 0.15) is 71.5 Å². The Bertz CT molecular complexity index is 1760. The number of amides is 1. The van der Waals surface area contributed by atoms with Gasteiger partial charge in [-0.05, 0) is 82.8 Å². The summed E-state index contributed by atoms with van der Waals surface area (Å²) in [5.74, 6) is -3.07. The van der Waals surface area contributed by atoms with Crippen LogP contribution >= 0.6 is 0 Å². The quantitative estimate of drug-likeness (QED) is 0.0489. The number of esters is 2. The molecule has 48 heavy (non-hydrogen) atoms. The number of hydrogen-bond donors (Lipinski definition) is 4. The van der Waals surface area contributed by atoms with Crippen molar-refractivity contribution >= 4 is 29.5 Å². The summed E-state index contributed by atoms with van der Waals surface area (Å²) in [5.41, 5.74) is 6.55. The average molecular weight is 657 g/mol. The molecule has 0 heterocycles. The zero-order valence-corrected chi connectivity index (χ0v) is 26.5. The topological polar surface area (TPSA) is 170 Å². The maximum Gasteiger partial charge on any atom is 0.338 e. The van der Waals surface area contributed by atoms with Crippen LogP contribution in [0.15, 0.2) is 84.9 Å². The number of carboxylic acids is 1. The molecular formula is C36H36N2O10. The maximum absolute atomic E-state index is 13.5. The van der Waals surface area contributed by atoms with Gasteiger partial charge in [-0.2, -0.15) is 0 Å². The molecule has 0 atom stereocenters. The van der Waals surface area contributed by atoms with Crippen molar-refractivity contribution in [2.75, 3.05) is 25.6 Å². The number of benzene rings is 4. The van der Waals surface area contributed by atoms with Crippen LogP contribution in [0, 0.1) is 0 Å². The molecule has 4 rings (SSSR count). The smallest absolute Gasteiger partial charge is 0.338 e. The monoisotopic (exact) mass is 656 g/mol. The van der Waals surface area contributed by atoms with Crippen molar-refractivity contribution in [1.82, 2.24) is 5.48 Å². The Kier molecular flexibility index (Phi) is 12.9. The second-order valence-electron chi connectivity index (χ2n) is 10.5. The second-order valence-corrected chi connectivity index (χ2v) is 10.5. The molecular weight excluding hydrogens is 620 g/mol. The highest BCUT2D eigenvalue weighted by molar-refractivity contribution is 6.11. The fourth-order valence-electron chi connectivity index (χ4n) is 4.81. The normalized spacial score (nSPS) is 10.7. The van der Waals surface area contributed by atoms with Gasteiger partial charge in [0.05, 0.1) is 42.1 Å². The van der Waals surface area contributed by atoms with E-state index in [1.165, 1.54) is 18.2 Å². The summed E-state index contributed by atoms with van der Waals surface area (Å²) in [6.07, 6.45) is 0.837. The number of nitrogens with one attached hydrogen (secondary N) is 2. The molecule has 12 nitrogen and oxygen atoms in total. The van der Waals surface area contributed by atoms with Gasteiger partial charge in [0, 0.05) is 19.2 Å². The SMILES string of the molecule is CCc1cc(NC(=O)c2cc(-c3ccc(COO)c(CONC)c3)ccc2C(=O)O)cc(C(=O)OCCCOC(=O)c2ccccc2)c1. The summed E-state index contributed by atoms with van der Waals surface area (Å²) >= 11 is 0. The zero-order valence-electron chi connectivity index (χ0n) is 26.5. The predicted molar refractivity (Wildman–Crippen MR) is 176 cm³/mol. The molecule has 4 aromatic rings. The van der Waals surface area contributed by atoms with Crippen LogP contribution in [0.25, 0.3) is 11.1 Å². The molecule has 0 spiro atoms. The fraction of sp³-hybridized carbons (Fsp3) is 0.222. The van der Waals surface area contributed by atoms with Crippen molar-refractivity contribution in [3.05, 3.63) is 124 Å². The Morgan fingerprint density at radius 3 is 2.08 bits per heavy atom. The molecule has 0 aromatic heterocycles. The van der Waals surface area contributed by atoms with Gasteiger partial charge < -0.3 is 19.9 Å². The highest BCUT2D eigenvalue weighted by Gasteiger charge is 2.20. The highest BCUT2D eigenvalue weighted by atomic mass is 17.1. The van der Waals surface area contributed by atoms with E-state index in [2.05, 4.69) is 15.7 Å². The van der Waals surface area contributed by atoms with Crippen molar-refractivity contribution in [2.24, 2.45) is 0 Å². The van der Waals surface area contributed by atoms with Gasteiger partial charge in [-0.15, -0.1) is 0 Å². The van der Waals surface area contributed by atoms with Gasteiger partial charge in [0.1, 0.15) is 6.61 Å². The molecule has 1 amide bonds. The predicted octanol–water partition coefficient (Wildman–Crippen LogP) is 5.91.